The largest absolute Gasteiger partial charge is 0.490 e. The Hall–Kier alpha value is -3.48. The summed E-state index contributed by atoms with van der Waals surface area (Å²) in [7, 11) is 0. The Balaban J connectivity index is 1.28. The zero-order chi connectivity index (χ0) is 23.2. The van der Waals surface area contributed by atoms with Gasteiger partial charge in [0.2, 0.25) is 5.91 Å². The number of rotatable bonds is 8. The highest BCUT2D eigenvalue weighted by atomic mass is 16.5. The van der Waals surface area contributed by atoms with Crippen LogP contribution in [0.5, 0.6) is 11.5 Å². The van der Waals surface area contributed by atoms with E-state index in [0.717, 1.165) is 5.39 Å². The van der Waals surface area contributed by atoms with E-state index in [4.69, 9.17) is 13.9 Å². The Bertz CT molecular complexity index is 1090. The number of amides is 2. The zero-order valence-corrected chi connectivity index (χ0v) is 19.1. The molecular weight excluding hydrogens is 420 g/mol. The molecule has 0 saturated carbocycles. The minimum absolute atomic E-state index is 0.00764. The number of piperidine rings is 1. The van der Waals surface area contributed by atoms with E-state index < -0.39 is 0 Å². The average Bonchev–Trinajstić information content (AvgIpc) is 3.29. The molecule has 174 valence electrons. The lowest BCUT2D eigenvalue weighted by atomic mass is 9.95. The summed E-state index contributed by atoms with van der Waals surface area (Å²) in [5.41, 5.74) is 0.694. The molecule has 4 rings (SSSR count). The van der Waals surface area contributed by atoms with Crippen molar-refractivity contribution in [3.8, 4) is 11.5 Å². The summed E-state index contributed by atoms with van der Waals surface area (Å²) in [5, 5.41) is 4.01. The Labute approximate surface area is 193 Å². The van der Waals surface area contributed by atoms with Crippen LogP contribution in [0.1, 0.15) is 38.5 Å². The zero-order valence-electron chi connectivity index (χ0n) is 19.1. The molecule has 0 bridgehead atoms. The molecule has 1 aliphatic heterocycles. The van der Waals surface area contributed by atoms with Crippen molar-refractivity contribution >= 4 is 22.8 Å². The third-order valence-electron chi connectivity index (χ3n) is 5.94. The lowest BCUT2D eigenvalue weighted by Gasteiger charge is -2.31. The Morgan fingerprint density at radius 1 is 1.09 bits per heavy atom. The Morgan fingerprint density at radius 2 is 1.85 bits per heavy atom. The molecular formula is C26H30N2O5. The number of para-hydroxylation sites is 2. The minimum Gasteiger partial charge on any atom is -0.490 e. The van der Waals surface area contributed by atoms with Crippen molar-refractivity contribution in [3.05, 3.63) is 60.4 Å². The third-order valence-corrected chi connectivity index (χ3v) is 5.94. The fraction of sp³-hybridized carbons (Fsp3) is 0.385. The molecule has 0 spiro atoms. The molecule has 2 aromatic carbocycles. The second-order valence-electron chi connectivity index (χ2n) is 8.24. The molecule has 1 aromatic heterocycles. The van der Waals surface area contributed by atoms with Gasteiger partial charge in [-0.1, -0.05) is 30.3 Å². The lowest BCUT2D eigenvalue weighted by Crippen LogP contribution is -2.44. The monoisotopic (exact) mass is 450 g/mol. The van der Waals surface area contributed by atoms with Crippen LogP contribution in [0, 0.1) is 5.92 Å². The van der Waals surface area contributed by atoms with Crippen molar-refractivity contribution in [3.63, 3.8) is 0 Å². The number of nitrogens with zero attached hydrogens (tertiary/aromatic N) is 1. The highest BCUT2D eigenvalue weighted by Crippen LogP contribution is 2.31. The van der Waals surface area contributed by atoms with Gasteiger partial charge in [-0.2, -0.15) is 0 Å². The molecule has 1 N–H and O–H groups in total. The summed E-state index contributed by atoms with van der Waals surface area (Å²) in [5.74, 6) is 1.87. The standard InChI is InChI=1S/C26H30N2O5/c1-3-31-22-11-7-8-20-16-23(33-25(20)22)18(2)27-26(30)19-12-14-28(15-13-19)24(29)17-32-21-9-5-4-6-10-21/h4-11,16,18-19H,3,12-15,17H2,1-2H3,(H,27,30). The number of hydrogen-bond acceptors (Lipinski definition) is 5. The van der Waals surface area contributed by atoms with Gasteiger partial charge in [-0.3, -0.25) is 9.59 Å². The van der Waals surface area contributed by atoms with Crippen LogP contribution in [0.15, 0.2) is 59.0 Å². The van der Waals surface area contributed by atoms with Gasteiger partial charge >= 0.3 is 0 Å². The summed E-state index contributed by atoms with van der Waals surface area (Å²) >= 11 is 0. The van der Waals surface area contributed by atoms with Gasteiger partial charge in [0, 0.05) is 24.4 Å². The van der Waals surface area contributed by atoms with Crippen molar-refractivity contribution in [2.75, 3.05) is 26.3 Å². The van der Waals surface area contributed by atoms with Crippen LogP contribution in [0.3, 0.4) is 0 Å². The molecule has 7 heteroatoms. The number of ether oxygens (including phenoxy) is 2. The van der Waals surface area contributed by atoms with E-state index in [0.29, 0.717) is 55.4 Å². The van der Waals surface area contributed by atoms with E-state index in [9.17, 15) is 9.59 Å². The van der Waals surface area contributed by atoms with Crippen LogP contribution in [-0.4, -0.2) is 43.0 Å². The quantitative estimate of drug-likeness (QED) is 0.553. The fourth-order valence-corrected chi connectivity index (χ4v) is 4.09. The number of nitrogens with one attached hydrogen (secondary N) is 1. The molecule has 7 nitrogen and oxygen atoms in total. The Kier molecular flexibility index (Phi) is 7.17. The van der Waals surface area contributed by atoms with Crippen molar-refractivity contribution < 1.29 is 23.5 Å². The van der Waals surface area contributed by atoms with Crippen molar-refractivity contribution in [2.24, 2.45) is 5.92 Å². The normalized spacial score (nSPS) is 15.3. The molecule has 1 saturated heterocycles. The number of furan rings is 1. The molecule has 1 aliphatic rings. The van der Waals surface area contributed by atoms with Gasteiger partial charge in [0.05, 0.1) is 12.6 Å². The second kappa shape index (κ2) is 10.4. The number of likely N-dealkylation sites (tertiary alicyclic amines) is 1. The summed E-state index contributed by atoms with van der Waals surface area (Å²) in [4.78, 5) is 27.1. The van der Waals surface area contributed by atoms with Gasteiger partial charge in [0.15, 0.2) is 17.9 Å². The molecule has 2 amide bonds. The van der Waals surface area contributed by atoms with E-state index in [1.165, 1.54) is 0 Å². The first-order valence-corrected chi connectivity index (χ1v) is 11.5. The summed E-state index contributed by atoms with van der Waals surface area (Å²) in [6, 6.07) is 16.7. The fourth-order valence-electron chi connectivity index (χ4n) is 4.09. The summed E-state index contributed by atoms with van der Waals surface area (Å²) in [6.07, 6.45) is 1.26. The number of carbonyl (C=O) groups excluding carboxylic acids is 2. The van der Waals surface area contributed by atoms with E-state index in [1.54, 1.807) is 4.90 Å². The maximum Gasteiger partial charge on any atom is 0.260 e. The maximum absolute atomic E-state index is 12.8. The molecule has 33 heavy (non-hydrogen) atoms. The van der Waals surface area contributed by atoms with Gasteiger partial charge in [0.1, 0.15) is 11.5 Å². The smallest absolute Gasteiger partial charge is 0.260 e. The van der Waals surface area contributed by atoms with Crippen molar-refractivity contribution in [1.29, 1.82) is 0 Å². The van der Waals surface area contributed by atoms with Gasteiger partial charge in [-0.15, -0.1) is 0 Å². The molecule has 1 atom stereocenters. The predicted octanol–water partition coefficient (Wildman–Crippen LogP) is 4.33. The topological polar surface area (TPSA) is 81.0 Å². The van der Waals surface area contributed by atoms with Gasteiger partial charge in [-0.25, -0.2) is 0 Å². The molecule has 0 aliphatic carbocycles. The van der Waals surface area contributed by atoms with Crippen LogP contribution < -0.4 is 14.8 Å². The van der Waals surface area contributed by atoms with E-state index in [2.05, 4.69) is 5.32 Å². The highest BCUT2D eigenvalue weighted by molar-refractivity contribution is 5.84. The molecule has 1 fully saturated rings. The third kappa shape index (κ3) is 5.48. The first kappa shape index (κ1) is 22.7. The number of fused-ring (bicyclic) bond motifs is 1. The van der Waals surface area contributed by atoms with E-state index in [1.807, 2.05) is 68.4 Å². The minimum atomic E-state index is -0.265. The van der Waals surface area contributed by atoms with Crippen molar-refractivity contribution in [1.82, 2.24) is 10.2 Å². The predicted molar refractivity (Wildman–Crippen MR) is 125 cm³/mol. The molecule has 3 aromatic rings. The molecule has 2 heterocycles. The second-order valence-corrected chi connectivity index (χ2v) is 8.24. The van der Waals surface area contributed by atoms with Crippen LogP contribution in [0.25, 0.3) is 11.0 Å². The van der Waals surface area contributed by atoms with E-state index in [-0.39, 0.29) is 30.4 Å². The van der Waals surface area contributed by atoms with Crippen LogP contribution >= 0.6 is 0 Å². The SMILES string of the molecule is CCOc1cccc2cc(C(C)NC(=O)C3CCN(C(=O)COc4ccccc4)CC3)oc12. The van der Waals surface area contributed by atoms with E-state index >= 15 is 0 Å². The first-order valence-electron chi connectivity index (χ1n) is 11.5. The van der Waals surface area contributed by atoms with Crippen LogP contribution in [0.2, 0.25) is 0 Å². The number of hydrogen-bond donors (Lipinski definition) is 1. The van der Waals surface area contributed by atoms with Crippen LogP contribution in [-0.2, 0) is 9.59 Å². The van der Waals surface area contributed by atoms with Gasteiger partial charge < -0.3 is 24.1 Å². The van der Waals surface area contributed by atoms with Crippen molar-refractivity contribution in [2.45, 2.75) is 32.7 Å². The summed E-state index contributed by atoms with van der Waals surface area (Å²) in [6.45, 7) is 5.50. The maximum atomic E-state index is 12.8. The number of carbonyl (C=O) groups is 2. The Morgan fingerprint density at radius 3 is 2.58 bits per heavy atom. The number of benzene rings is 2. The van der Waals surface area contributed by atoms with Crippen LogP contribution in [0.4, 0.5) is 0 Å². The van der Waals surface area contributed by atoms with Gasteiger partial charge in [0.25, 0.3) is 5.91 Å². The van der Waals surface area contributed by atoms with Gasteiger partial charge in [-0.05, 0) is 51.0 Å². The summed E-state index contributed by atoms with van der Waals surface area (Å²) < 4.78 is 17.2. The molecule has 0 radical (unpaired) electrons. The average molecular weight is 451 g/mol. The molecule has 1 unspecified atom stereocenters. The highest BCUT2D eigenvalue weighted by Gasteiger charge is 2.29. The lowest BCUT2D eigenvalue weighted by molar-refractivity contribution is -0.137. The first-order chi connectivity index (χ1) is 16.0.